The third-order valence-corrected chi connectivity index (χ3v) is 2.86. The van der Waals surface area contributed by atoms with Gasteiger partial charge in [0.15, 0.2) is 0 Å². The molecule has 0 saturated heterocycles. The summed E-state index contributed by atoms with van der Waals surface area (Å²) in [5.41, 5.74) is 2.40. The van der Waals surface area contributed by atoms with Crippen LogP contribution in [0.1, 0.15) is 29.9 Å². The van der Waals surface area contributed by atoms with Gasteiger partial charge in [0, 0.05) is 11.6 Å². The van der Waals surface area contributed by atoms with E-state index in [4.69, 9.17) is 16.7 Å². The molecule has 1 saturated carbocycles. The van der Waals surface area contributed by atoms with Crippen LogP contribution in [0, 0.1) is 0 Å². The van der Waals surface area contributed by atoms with E-state index in [0.29, 0.717) is 6.42 Å². The fourth-order valence-electron chi connectivity index (χ4n) is 1.56. The zero-order chi connectivity index (χ0) is 9.26. The fraction of sp³-hybridized carbons (Fsp3) is 0.455. The van der Waals surface area contributed by atoms with E-state index in [1.54, 1.807) is 0 Å². The van der Waals surface area contributed by atoms with Crippen molar-refractivity contribution in [2.24, 2.45) is 0 Å². The number of benzene rings is 1. The van der Waals surface area contributed by atoms with Gasteiger partial charge in [-0.1, -0.05) is 23.7 Å². The molecule has 1 aliphatic rings. The fourth-order valence-corrected chi connectivity index (χ4v) is 1.84. The first-order valence-corrected chi connectivity index (χ1v) is 5.08. The van der Waals surface area contributed by atoms with Gasteiger partial charge in [0.05, 0.1) is 0 Å². The summed E-state index contributed by atoms with van der Waals surface area (Å²) in [5.74, 6) is 0.751. The second kappa shape index (κ2) is 3.69. The average Bonchev–Trinajstić information content (AvgIpc) is 2.91. The van der Waals surface area contributed by atoms with Gasteiger partial charge in [-0.25, -0.2) is 0 Å². The third kappa shape index (κ3) is 2.04. The van der Waals surface area contributed by atoms with E-state index in [-0.39, 0.29) is 6.61 Å². The van der Waals surface area contributed by atoms with Crippen LogP contribution in [0.2, 0.25) is 5.02 Å². The van der Waals surface area contributed by atoms with Crippen molar-refractivity contribution in [2.45, 2.75) is 25.2 Å². The minimum absolute atomic E-state index is 0.169. The smallest absolute Gasteiger partial charge is 0.0471 e. The molecule has 1 N–H and O–H groups in total. The zero-order valence-corrected chi connectivity index (χ0v) is 8.22. The number of halogens is 1. The van der Waals surface area contributed by atoms with Gasteiger partial charge < -0.3 is 5.11 Å². The molecular weight excluding hydrogens is 184 g/mol. The minimum Gasteiger partial charge on any atom is -0.396 e. The van der Waals surface area contributed by atoms with Crippen molar-refractivity contribution in [1.29, 1.82) is 0 Å². The molecule has 1 fully saturated rings. The summed E-state index contributed by atoms with van der Waals surface area (Å²) in [5, 5.41) is 9.58. The summed E-state index contributed by atoms with van der Waals surface area (Å²) in [6.45, 7) is 0.169. The topological polar surface area (TPSA) is 20.2 Å². The van der Waals surface area contributed by atoms with Crippen LogP contribution in [0.15, 0.2) is 18.2 Å². The van der Waals surface area contributed by atoms with Crippen molar-refractivity contribution >= 4 is 11.6 Å². The number of hydrogen-bond donors (Lipinski definition) is 1. The molecule has 2 rings (SSSR count). The highest BCUT2D eigenvalue weighted by Gasteiger charge is 2.23. The maximum absolute atomic E-state index is 8.78. The van der Waals surface area contributed by atoms with Crippen LogP contribution in [-0.2, 0) is 6.42 Å². The van der Waals surface area contributed by atoms with E-state index < -0.39 is 0 Å². The molecule has 0 heterocycles. The minimum atomic E-state index is 0.169. The molecule has 0 amide bonds. The van der Waals surface area contributed by atoms with Crippen molar-refractivity contribution < 1.29 is 5.11 Å². The number of hydrogen-bond acceptors (Lipinski definition) is 1. The molecule has 0 spiro atoms. The SMILES string of the molecule is OCCc1ccc(C2CC2)cc1Cl. The highest BCUT2D eigenvalue weighted by Crippen LogP contribution is 2.41. The molecular formula is C11H13ClO. The molecule has 0 aliphatic heterocycles. The van der Waals surface area contributed by atoms with Crippen LogP contribution >= 0.6 is 11.6 Å². The maximum atomic E-state index is 8.78. The van der Waals surface area contributed by atoms with E-state index >= 15 is 0 Å². The predicted octanol–water partition coefficient (Wildman–Crippen LogP) is 2.75. The Balaban J connectivity index is 2.21. The Labute approximate surface area is 83.3 Å². The van der Waals surface area contributed by atoms with Gasteiger partial charge in [0.1, 0.15) is 0 Å². The zero-order valence-electron chi connectivity index (χ0n) is 7.46. The Morgan fingerprint density at radius 3 is 2.69 bits per heavy atom. The first-order valence-electron chi connectivity index (χ1n) is 4.70. The number of rotatable bonds is 3. The summed E-state index contributed by atoms with van der Waals surface area (Å²) >= 11 is 6.07. The van der Waals surface area contributed by atoms with E-state index in [2.05, 4.69) is 6.07 Å². The molecule has 1 nitrogen and oxygen atoms in total. The number of aliphatic hydroxyl groups is 1. The highest BCUT2D eigenvalue weighted by molar-refractivity contribution is 6.31. The van der Waals surface area contributed by atoms with Crippen molar-refractivity contribution in [3.05, 3.63) is 34.3 Å². The van der Waals surface area contributed by atoms with Gasteiger partial charge in [-0.15, -0.1) is 0 Å². The number of aliphatic hydroxyl groups excluding tert-OH is 1. The molecule has 1 aliphatic carbocycles. The molecule has 0 bridgehead atoms. The lowest BCUT2D eigenvalue weighted by Crippen LogP contribution is -1.92. The summed E-state index contributed by atoms with van der Waals surface area (Å²) in [6, 6.07) is 6.21. The van der Waals surface area contributed by atoms with Crippen LogP contribution in [0.4, 0.5) is 0 Å². The molecule has 2 heteroatoms. The lowest BCUT2D eigenvalue weighted by molar-refractivity contribution is 0.299. The molecule has 0 radical (unpaired) electrons. The van der Waals surface area contributed by atoms with Gasteiger partial charge in [-0.05, 0) is 42.4 Å². The van der Waals surface area contributed by atoms with Gasteiger partial charge in [0.25, 0.3) is 0 Å². The van der Waals surface area contributed by atoms with Gasteiger partial charge in [-0.3, -0.25) is 0 Å². The molecule has 0 unspecified atom stereocenters. The Hall–Kier alpha value is -0.530. The maximum Gasteiger partial charge on any atom is 0.0471 e. The molecule has 0 aromatic heterocycles. The first kappa shape index (κ1) is 9.04. The van der Waals surface area contributed by atoms with E-state index in [1.807, 2.05) is 12.1 Å². The molecule has 13 heavy (non-hydrogen) atoms. The van der Waals surface area contributed by atoms with Gasteiger partial charge in [0.2, 0.25) is 0 Å². The van der Waals surface area contributed by atoms with Crippen molar-refractivity contribution in [3.63, 3.8) is 0 Å². The second-order valence-corrected chi connectivity index (χ2v) is 4.01. The van der Waals surface area contributed by atoms with Crippen LogP contribution in [-0.4, -0.2) is 11.7 Å². The Morgan fingerprint density at radius 2 is 2.15 bits per heavy atom. The summed E-state index contributed by atoms with van der Waals surface area (Å²) in [7, 11) is 0. The molecule has 70 valence electrons. The Bertz CT molecular complexity index is 305. The lowest BCUT2D eigenvalue weighted by Gasteiger charge is -2.04. The van der Waals surface area contributed by atoms with E-state index in [1.165, 1.54) is 18.4 Å². The average molecular weight is 197 g/mol. The summed E-state index contributed by atoms with van der Waals surface area (Å²) in [4.78, 5) is 0. The second-order valence-electron chi connectivity index (χ2n) is 3.60. The van der Waals surface area contributed by atoms with E-state index in [9.17, 15) is 0 Å². The largest absolute Gasteiger partial charge is 0.396 e. The quantitative estimate of drug-likeness (QED) is 0.788. The molecule has 1 aromatic rings. The summed E-state index contributed by atoms with van der Waals surface area (Å²) < 4.78 is 0. The van der Waals surface area contributed by atoms with E-state index in [0.717, 1.165) is 16.5 Å². The van der Waals surface area contributed by atoms with Crippen LogP contribution in [0.25, 0.3) is 0 Å². The predicted molar refractivity (Wildman–Crippen MR) is 54.2 cm³/mol. The normalized spacial score (nSPS) is 16.2. The molecule has 0 atom stereocenters. The van der Waals surface area contributed by atoms with Crippen LogP contribution < -0.4 is 0 Å². The van der Waals surface area contributed by atoms with Gasteiger partial charge in [-0.2, -0.15) is 0 Å². The Kier molecular flexibility index (Phi) is 2.56. The Morgan fingerprint density at radius 1 is 1.38 bits per heavy atom. The van der Waals surface area contributed by atoms with Crippen LogP contribution in [0.5, 0.6) is 0 Å². The van der Waals surface area contributed by atoms with Gasteiger partial charge >= 0.3 is 0 Å². The monoisotopic (exact) mass is 196 g/mol. The van der Waals surface area contributed by atoms with Crippen molar-refractivity contribution in [3.8, 4) is 0 Å². The third-order valence-electron chi connectivity index (χ3n) is 2.51. The van der Waals surface area contributed by atoms with Crippen LogP contribution in [0.3, 0.4) is 0 Å². The van der Waals surface area contributed by atoms with Crippen molar-refractivity contribution in [1.82, 2.24) is 0 Å². The first-order chi connectivity index (χ1) is 6.31. The standard InChI is InChI=1S/C11H13ClO/c12-11-7-10(8-1-2-8)4-3-9(11)5-6-13/h3-4,7-8,13H,1-2,5-6H2. The lowest BCUT2D eigenvalue weighted by atomic mass is 10.1. The summed E-state index contributed by atoms with van der Waals surface area (Å²) in [6.07, 6.45) is 3.26. The van der Waals surface area contributed by atoms with Crippen molar-refractivity contribution in [2.75, 3.05) is 6.61 Å². The highest BCUT2D eigenvalue weighted by atomic mass is 35.5. The molecule has 1 aromatic carbocycles.